The van der Waals surface area contributed by atoms with E-state index in [1.807, 2.05) is 35.4 Å². The number of nitrogens with zero attached hydrogens (tertiary/aromatic N) is 3. The first kappa shape index (κ1) is 13.8. The third kappa shape index (κ3) is 2.97. The Morgan fingerprint density at radius 1 is 1.19 bits per heavy atom. The highest BCUT2D eigenvalue weighted by atomic mass is 16.2. The molecule has 1 aliphatic rings. The second-order valence-corrected chi connectivity index (χ2v) is 5.34. The standard InChI is InChI=1S/C16H20N4O/c1-13(14-5-2-3-7-17-14)19-9-11-20(12-10-19)16(21)15-6-4-8-18-15/h2-8,13,18H,9-12H2,1H3. The zero-order chi connectivity index (χ0) is 14.7. The monoisotopic (exact) mass is 284 g/mol. The van der Waals surface area contributed by atoms with Crippen molar-refractivity contribution in [3.8, 4) is 0 Å². The molecule has 110 valence electrons. The second-order valence-electron chi connectivity index (χ2n) is 5.34. The molecule has 1 unspecified atom stereocenters. The number of nitrogens with one attached hydrogen (secondary N) is 1. The number of pyridine rings is 1. The predicted molar refractivity (Wildman–Crippen MR) is 80.9 cm³/mol. The Morgan fingerprint density at radius 2 is 2.00 bits per heavy atom. The maximum Gasteiger partial charge on any atom is 0.270 e. The lowest BCUT2D eigenvalue weighted by Gasteiger charge is -2.37. The molecule has 1 fully saturated rings. The number of hydrogen-bond acceptors (Lipinski definition) is 3. The highest BCUT2D eigenvalue weighted by molar-refractivity contribution is 5.92. The predicted octanol–water partition coefficient (Wildman–Crippen LogP) is 1.93. The van der Waals surface area contributed by atoms with Crippen molar-refractivity contribution in [2.45, 2.75) is 13.0 Å². The van der Waals surface area contributed by atoms with E-state index in [1.165, 1.54) is 0 Å². The summed E-state index contributed by atoms with van der Waals surface area (Å²) in [6.45, 7) is 5.45. The van der Waals surface area contributed by atoms with Crippen LogP contribution in [0.25, 0.3) is 0 Å². The van der Waals surface area contributed by atoms with Crippen LogP contribution in [0.4, 0.5) is 0 Å². The molecule has 0 radical (unpaired) electrons. The lowest BCUT2D eigenvalue weighted by molar-refractivity contribution is 0.0574. The topological polar surface area (TPSA) is 52.2 Å². The van der Waals surface area contributed by atoms with Gasteiger partial charge in [0.05, 0.1) is 5.69 Å². The van der Waals surface area contributed by atoms with Crippen LogP contribution < -0.4 is 0 Å². The smallest absolute Gasteiger partial charge is 0.270 e. The maximum absolute atomic E-state index is 12.3. The van der Waals surface area contributed by atoms with E-state index in [1.54, 1.807) is 6.20 Å². The zero-order valence-electron chi connectivity index (χ0n) is 12.2. The van der Waals surface area contributed by atoms with E-state index in [0.29, 0.717) is 5.69 Å². The fourth-order valence-corrected chi connectivity index (χ4v) is 2.76. The van der Waals surface area contributed by atoms with Crippen molar-refractivity contribution in [2.24, 2.45) is 0 Å². The summed E-state index contributed by atoms with van der Waals surface area (Å²) in [5.41, 5.74) is 1.75. The molecule has 0 aliphatic carbocycles. The highest BCUT2D eigenvalue weighted by Gasteiger charge is 2.25. The van der Waals surface area contributed by atoms with Gasteiger partial charge < -0.3 is 9.88 Å². The average molecular weight is 284 g/mol. The van der Waals surface area contributed by atoms with Crippen LogP contribution in [0.15, 0.2) is 42.7 Å². The largest absolute Gasteiger partial charge is 0.357 e. The summed E-state index contributed by atoms with van der Waals surface area (Å²) < 4.78 is 0. The van der Waals surface area contributed by atoms with Crippen LogP contribution in [0.5, 0.6) is 0 Å². The lowest BCUT2D eigenvalue weighted by Crippen LogP contribution is -2.49. The summed E-state index contributed by atoms with van der Waals surface area (Å²) in [6, 6.07) is 9.97. The minimum Gasteiger partial charge on any atom is -0.357 e. The third-order valence-corrected chi connectivity index (χ3v) is 4.09. The van der Waals surface area contributed by atoms with Gasteiger partial charge in [-0.3, -0.25) is 14.7 Å². The molecular formula is C16H20N4O. The molecule has 21 heavy (non-hydrogen) atoms. The summed E-state index contributed by atoms with van der Waals surface area (Å²) in [7, 11) is 0. The van der Waals surface area contributed by atoms with Crippen molar-refractivity contribution in [1.82, 2.24) is 19.8 Å². The van der Waals surface area contributed by atoms with Crippen molar-refractivity contribution in [3.63, 3.8) is 0 Å². The van der Waals surface area contributed by atoms with E-state index in [0.717, 1.165) is 31.9 Å². The molecule has 2 aromatic heterocycles. The molecule has 2 aromatic rings. The summed E-state index contributed by atoms with van der Waals surface area (Å²) in [5, 5.41) is 0. The van der Waals surface area contributed by atoms with Gasteiger partial charge in [0, 0.05) is 44.6 Å². The van der Waals surface area contributed by atoms with Gasteiger partial charge in [-0.25, -0.2) is 0 Å². The van der Waals surface area contributed by atoms with E-state index < -0.39 is 0 Å². The molecule has 3 heterocycles. The Morgan fingerprint density at radius 3 is 2.62 bits per heavy atom. The van der Waals surface area contributed by atoms with Crippen molar-refractivity contribution in [3.05, 3.63) is 54.1 Å². The van der Waals surface area contributed by atoms with Gasteiger partial charge in [0.2, 0.25) is 0 Å². The highest BCUT2D eigenvalue weighted by Crippen LogP contribution is 2.20. The summed E-state index contributed by atoms with van der Waals surface area (Å²) in [4.78, 5) is 24.0. The van der Waals surface area contributed by atoms with Gasteiger partial charge in [-0.2, -0.15) is 0 Å². The van der Waals surface area contributed by atoms with E-state index in [-0.39, 0.29) is 11.9 Å². The van der Waals surface area contributed by atoms with Crippen LogP contribution in [0, 0.1) is 0 Å². The molecule has 1 saturated heterocycles. The van der Waals surface area contributed by atoms with Crippen LogP contribution in [0.2, 0.25) is 0 Å². The summed E-state index contributed by atoms with van der Waals surface area (Å²) in [6.07, 6.45) is 3.61. The number of aromatic amines is 1. The number of H-pyrrole nitrogens is 1. The van der Waals surface area contributed by atoms with Gasteiger partial charge >= 0.3 is 0 Å². The Labute approximate surface area is 124 Å². The number of carbonyl (C=O) groups excluding carboxylic acids is 1. The molecule has 1 atom stereocenters. The van der Waals surface area contributed by atoms with Crippen molar-refractivity contribution in [1.29, 1.82) is 0 Å². The van der Waals surface area contributed by atoms with Crippen molar-refractivity contribution in [2.75, 3.05) is 26.2 Å². The van der Waals surface area contributed by atoms with Crippen LogP contribution in [0.1, 0.15) is 29.1 Å². The van der Waals surface area contributed by atoms with Gasteiger partial charge in [0.25, 0.3) is 5.91 Å². The average Bonchev–Trinajstić information content (AvgIpc) is 3.09. The first-order valence-electron chi connectivity index (χ1n) is 7.33. The quantitative estimate of drug-likeness (QED) is 0.937. The number of piperazine rings is 1. The van der Waals surface area contributed by atoms with Gasteiger partial charge in [0.15, 0.2) is 0 Å². The van der Waals surface area contributed by atoms with Gasteiger partial charge in [0.1, 0.15) is 5.69 Å². The Bertz CT molecular complexity index is 574. The number of rotatable bonds is 3. The van der Waals surface area contributed by atoms with E-state index >= 15 is 0 Å². The first-order chi connectivity index (χ1) is 10.3. The Hall–Kier alpha value is -2.14. The molecule has 1 N–H and O–H groups in total. The molecule has 0 saturated carbocycles. The van der Waals surface area contributed by atoms with Crippen LogP contribution in [-0.4, -0.2) is 51.9 Å². The molecule has 1 amide bonds. The van der Waals surface area contributed by atoms with Crippen LogP contribution >= 0.6 is 0 Å². The van der Waals surface area contributed by atoms with E-state index in [9.17, 15) is 4.79 Å². The molecule has 3 rings (SSSR count). The fourth-order valence-electron chi connectivity index (χ4n) is 2.76. The van der Waals surface area contributed by atoms with Gasteiger partial charge in [-0.15, -0.1) is 0 Å². The third-order valence-electron chi connectivity index (χ3n) is 4.09. The normalized spacial score (nSPS) is 17.7. The van der Waals surface area contributed by atoms with Crippen LogP contribution in [-0.2, 0) is 0 Å². The second kappa shape index (κ2) is 6.10. The van der Waals surface area contributed by atoms with E-state index in [2.05, 4.69) is 27.9 Å². The van der Waals surface area contributed by atoms with Gasteiger partial charge in [-0.05, 0) is 31.2 Å². The number of hydrogen-bond donors (Lipinski definition) is 1. The minimum absolute atomic E-state index is 0.0881. The molecule has 5 heteroatoms. The zero-order valence-corrected chi connectivity index (χ0v) is 12.2. The molecule has 1 aliphatic heterocycles. The fraction of sp³-hybridized carbons (Fsp3) is 0.375. The minimum atomic E-state index is 0.0881. The van der Waals surface area contributed by atoms with Crippen molar-refractivity contribution < 1.29 is 4.79 Å². The molecule has 0 bridgehead atoms. The Kier molecular flexibility index (Phi) is 4.01. The number of aromatic nitrogens is 2. The molecule has 5 nitrogen and oxygen atoms in total. The van der Waals surface area contributed by atoms with Gasteiger partial charge in [-0.1, -0.05) is 6.07 Å². The number of carbonyl (C=O) groups is 1. The molecule has 0 spiro atoms. The lowest BCUT2D eigenvalue weighted by atomic mass is 10.1. The maximum atomic E-state index is 12.3. The van der Waals surface area contributed by atoms with Crippen molar-refractivity contribution >= 4 is 5.91 Å². The van der Waals surface area contributed by atoms with Crippen LogP contribution in [0.3, 0.4) is 0 Å². The first-order valence-corrected chi connectivity index (χ1v) is 7.33. The van der Waals surface area contributed by atoms with E-state index in [4.69, 9.17) is 0 Å². The molecule has 0 aromatic carbocycles. The SMILES string of the molecule is CC(c1ccccn1)N1CCN(C(=O)c2ccc[nH]2)CC1. The summed E-state index contributed by atoms with van der Waals surface area (Å²) in [5.74, 6) is 0.0881. The molecular weight excluding hydrogens is 264 g/mol. The Balaban J connectivity index is 1.59. The number of amides is 1. The summed E-state index contributed by atoms with van der Waals surface area (Å²) >= 11 is 0.